The van der Waals surface area contributed by atoms with Gasteiger partial charge < -0.3 is 23.5 Å². The van der Waals surface area contributed by atoms with E-state index >= 15 is 0 Å². The van der Waals surface area contributed by atoms with E-state index < -0.39 is 18.0 Å². The van der Waals surface area contributed by atoms with E-state index in [4.69, 9.17) is 14.2 Å². The number of carbonyl (C=O) groups is 2. The molecule has 0 aromatic heterocycles. The number of carbonyl (C=O) groups excluding carboxylic acids is 2. The fourth-order valence-electron chi connectivity index (χ4n) is 2.80. The number of phenolic OH excluding ortho intramolecular Hbond substituents is 1. The van der Waals surface area contributed by atoms with Crippen LogP contribution in [0.3, 0.4) is 0 Å². The van der Waals surface area contributed by atoms with Crippen LogP contribution < -0.4 is 4.74 Å². The number of aromatic hydroxyl groups is 1. The van der Waals surface area contributed by atoms with E-state index in [1.165, 1.54) is 14.2 Å². The highest BCUT2D eigenvalue weighted by Crippen LogP contribution is 2.41. The first-order chi connectivity index (χ1) is 12.9. The third-order valence-electron chi connectivity index (χ3n) is 4.09. The minimum atomic E-state index is -0.547. The number of methoxy groups -OCH3 is 2. The maximum absolute atomic E-state index is 11.9. The summed E-state index contributed by atoms with van der Waals surface area (Å²) in [5, 5.41) is 10.5. The Labute approximate surface area is 164 Å². The van der Waals surface area contributed by atoms with Gasteiger partial charge in [0.05, 0.1) is 19.6 Å². The van der Waals surface area contributed by atoms with Gasteiger partial charge in [-0.15, -0.1) is 0 Å². The second kappa shape index (κ2) is 10.8. The maximum Gasteiger partial charge on any atom is 0.342 e. The Bertz CT molecular complexity index is 713. The largest absolute Gasteiger partial charge is 0.507 e. The van der Waals surface area contributed by atoms with Crippen LogP contribution in [0.25, 0.3) is 0 Å². The summed E-state index contributed by atoms with van der Waals surface area (Å²) < 4.78 is 19.9. The van der Waals surface area contributed by atoms with Gasteiger partial charge in [0.1, 0.15) is 23.7 Å². The van der Waals surface area contributed by atoms with Crippen LogP contribution in [0.2, 0.25) is 0 Å². The summed E-state index contributed by atoms with van der Waals surface area (Å²) in [5.74, 6) is -0.706. The van der Waals surface area contributed by atoms with Gasteiger partial charge in [0.2, 0.25) is 0 Å². The van der Waals surface area contributed by atoms with Gasteiger partial charge in [-0.2, -0.15) is 0 Å². The molecule has 0 radical (unpaired) electrons. The number of phenols is 1. The molecule has 7 nitrogen and oxygen atoms in total. The quantitative estimate of drug-likeness (QED) is 0.315. The minimum Gasteiger partial charge on any atom is -0.507 e. The number of esters is 1. The molecule has 1 heterocycles. The summed E-state index contributed by atoms with van der Waals surface area (Å²) in [7, 11) is 2.97. The van der Waals surface area contributed by atoms with Gasteiger partial charge in [0.25, 0.3) is 0 Å². The molecule has 1 aliphatic rings. The lowest BCUT2D eigenvalue weighted by atomic mass is 9.95. The molecular formula is C19H26O7S. The second-order valence-corrected chi connectivity index (χ2v) is 5.67. The second-order valence-electron chi connectivity index (χ2n) is 5.49. The first-order valence-corrected chi connectivity index (χ1v) is 8.93. The average molecular weight is 398 g/mol. The summed E-state index contributed by atoms with van der Waals surface area (Å²) in [6, 6.07) is 0. The number of ether oxygens (including phenoxy) is 3. The van der Waals surface area contributed by atoms with Crippen molar-refractivity contribution in [3.63, 3.8) is 0 Å². The zero-order valence-electron chi connectivity index (χ0n) is 16.2. The van der Waals surface area contributed by atoms with Crippen molar-refractivity contribution >= 4 is 24.8 Å². The molecule has 0 fully saturated rings. The molecule has 1 aromatic carbocycles. The van der Waals surface area contributed by atoms with Gasteiger partial charge in [-0.05, 0) is 18.9 Å². The Balaban J connectivity index is 0.00000176. The summed E-state index contributed by atoms with van der Waals surface area (Å²) in [6.45, 7) is 5.94. The molecule has 0 spiro atoms. The van der Waals surface area contributed by atoms with Crippen molar-refractivity contribution in [3.8, 4) is 11.5 Å². The van der Waals surface area contributed by atoms with Crippen molar-refractivity contribution in [1.29, 1.82) is 0 Å². The molecule has 27 heavy (non-hydrogen) atoms. The molecule has 1 aliphatic heterocycles. The Hall–Kier alpha value is -2.19. The molecule has 1 N–H and O–H groups in total. The molecule has 0 saturated carbocycles. The van der Waals surface area contributed by atoms with E-state index in [-0.39, 0.29) is 30.8 Å². The van der Waals surface area contributed by atoms with Crippen LogP contribution in [0.5, 0.6) is 11.5 Å². The normalized spacial score (nSPS) is 13.5. The summed E-state index contributed by atoms with van der Waals surface area (Å²) in [4.78, 5) is 23.1. The van der Waals surface area contributed by atoms with Crippen molar-refractivity contribution in [2.24, 2.45) is 0 Å². The molecule has 2 rings (SSSR count). The molecular weight excluding hydrogens is 372 g/mol. The Morgan fingerprint density at radius 3 is 2.59 bits per heavy atom. The van der Waals surface area contributed by atoms with Crippen molar-refractivity contribution < 1.29 is 33.1 Å². The van der Waals surface area contributed by atoms with Crippen molar-refractivity contribution in [2.75, 3.05) is 14.2 Å². The third-order valence-corrected chi connectivity index (χ3v) is 4.30. The predicted molar refractivity (Wildman–Crippen MR) is 103 cm³/mol. The molecule has 1 aromatic rings. The van der Waals surface area contributed by atoms with Gasteiger partial charge in [-0.3, -0.25) is 4.79 Å². The topological polar surface area (TPSA) is 91.3 Å². The number of fused-ring (bicyclic) bond motifs is 1. The van der Waals surface area contributed by atoms with Gasteiger partial charge in [0, 0.05) is 31.1 Å². The minimum absolute atomic E-state index is 0.00909. The first kappa shape index (κ1) is 22.9. The van der Waals surface area contributed by atoms with Crippen LogP contribution in [0.1, 0.15) is 47.3 Å². The zero-order chi connectivity index (χ0) is 20.6. The van der Waals surface area contributed by atoms with Gasteiger partial charge >= 0.3 is 11.9 Å². The van der Waals surface area contributed by atoms with E-state index in [1.807, 2.05) is 20.8 Å². The molecule has 0 bridgehead atoms. The summed E-state index contributed by atoms with van der Waals surface area (Å²) in [5.41, 5.74) is 2.05. The van der Waals surface area contributed by atoms with E-state index in [0.717, 1.165) is 5.56 Å². The van der Waals surface area contributed by atoms with E-state index in [9.17, 15) is 14.7 Å². The van der Waals surface area contributed by atoms with Crippen molar-refractivity contribution in [3.05, 3.63) is 34.4 Å². The van der Waals surface area contributed by atoms with Crippen LogP contribution in [-0.4, -0.2) is 37.4 Å². The number of rotatable bonds is 7. The SMILES string of the molecule is CC.COc1c(C)c2c(c(O)c1C/C=C/C(CC(=O)OS)OC)C(=O)OC2. The molecule has 1 unspecified atom stereocenters. The van der Waals surface area contributed by atoms with Crippen LogP contribution >= 0.6 is 12.9 Å². The molecule has 0 amide bonds. The molecule has 0 saturated heterocycles. The smallest absolute Gasteiger partial charge is 0.342 e. The highest BCUT2D eigenvalue weighted by molar-refractivity contribution is 7.75. The van der Waals surface area contributed by atoms with E-state index in [1.54, 1.807) is 12.2 Å². The number of benzene rings is 1. The van der Waals surface area contributed by atoms with Crippen LogP contribution in [0.4, 0.5) is 0 Å². The highest BCUT2D eigenvalue weighted by atomic mass is 32.1. The third kappa shape index (κ3) is 5.17. The number of cyclic esters (lactones) is 1. The number of allylic oxidation sites excluding steroid dienone is 1. The highest BCUT2D eigenvalue weighted by Gasteiger charge is 2.31. The Kier molecular flexibility index (Phi) is 9.17. The fourth-order valence-corrected chi connectivity index (χ4v) is 2.87. The zero-order valence-corrected chi connectivity index (χ0v) is 17.1. The average Bonchev–Trinajstić information content (AvgIpc) is 3.08. The molecule has 150 valence electrons. The lowest BCUT2D eigenvalue weighted by Crippen LogP contribution is -2.13. The molecule has 0 aliphatic carbocycles. The van der Waals surface area contributed by atoms with Crippen LogP contribution in [-0.2, 0) is 31.5 Å². The van der Waals surface area contributed by atoms with Gasteiger partial charge in [0.15, 0.2) is 0 Å². The fraction of sp³-hybridized carbons (Fsp3) is 0.474. The Morgan fingerprint density at radius 1 is 1.37 bits per heavy atom. The lowest BCUT2D eigenvalue weighted by molar-refractivity contribution is -0.134. The maximum atomic E-state index is 11.9. The van der Waals surface area contributed by atoms with Crippen molar-refractivity contribution in [2.45, 2.75) is 46.3 Å². The lowest BCUT2D eigenvalue weighted by Gasteiger charge is -2.15. The summed E-state index contributed by atoms with van der Waals surface area (Å²) in [6.07, 6.45) is 3.20. The van der Waals surface area contributed by atoms with E-state index in [2.05, 4.69) is 17.1 Å². The first-order valence-electron chi connectivity index (χ1n) is 8.56. The number of hydrogen-bond acceptors (Lipinski definition) is 8. The monoisotopic (exact) mass is 398 g/mol. The predicted octanol–water partition coefficient (Wildman–Crippen LogP) is 3.30. The van der Waals surface area contributed by atoms with Crippen molar-refractivity contribution in [1.82, 2.24) is 0 Å². The summed E-state index contributed by atoms with van der Waals surface area (Å²) >= 11 is 3.45. The van der Waals surface area contributed by atoms with Gasteiger partial charge in [-0.1, -0.05) is 26.0 Å². The standard InChI is InChI=1S/C17H20O7S.C2H6/c1-9-12-8-23-17(20)14(12)15(19)11(16(9)22-3)6-4-5-10(21-2)7-13(18)24-25;1-2/h4-5,10,19,25H,6-8H2,1-3H3;1-2H3/b5-4+;. The molecule has 8 heteroatoms. The Morgan fingerprint density at radius 2 is 2.04 bits per heavy atom. The van der Waals surface area contributed by atoms with Gasteiger partial charge in [-0.25, -0.2) is 4.79 Å². The number of hydrogen-bond donors (Lipinski definition) is 2. The van der Waals surface area contributed by atoms with Crippen LogP contribution in [0.15, 0.2) is 12.2 Å². The van der Waals surface area contributed by atoms with Crippen LogP contribution in [0, 0.1) is 6.92 Å². The molecule has 1 atom stereocenters. The van der Waals surface area contributed by atoms with E-state index in [0.29, 0.717) is 16.9 Å². The number of thiol groups is 1.